The highest BCUT2D eigenvalue weighted by Gasteiger charge is 2.22. The van der Waals surface area contributed by atoms with Crippen LogP contribution < -0.4 is 15.5 Å². The summed E-state index contributed by atoms with van der Waals surface area (Å²) in [5, 5.41) is 5.94. The summed E-state index contributed by atoms with van der Waals surface area (Å²) in [5.41, 5.74) is 1.99. The van der Waals surface area contributed by atoms with Crippen molar-refractivity contribution in [2.45, 2.75) is 13.3 Å². The molecule has 1 fully saturated rings. The molecule has 2 aromatic carbocycles. The molecule has 31 heavy (non-hydrogen) atoms. The maximum absolute atomic E-state index is 14.1. The number of guanidine groups is 1. The SMILES string of the molecule is CCNC(=NCCc1cccc(C(=O)NC)c1)N1CCN(c2cc(F)ccc2F)CC1. The highest BCUT2D eigenvalue weighted by molar-refractivity contribution is 5.94. The summed E-state index contributed by atoms with van der Waals surface area (Å²) < 4.78 is 27.6. The van der Waals surface area contributed by atoms with Crippen molar-refractivity contribution in [2.75, 3.05) is 51.2 Å². The average Bonchev–Trinajstić information content (AvgIpc) is 2.80. The van der Waals surface area contributed by atoms with Crippen LogP contribution in [0.15, 0.2) is 47.5 Å². The first-order valence-electron chi connectivity index (χ1n) is 10.6. The fourth-order valence-corrected chi connectivity index (χ4v) is 3.62. The Morgan fingerprint density at radius 3 is 2.58 bits per heavy atom. The zero-order chi connectivity index (χ0) is 22.2. The van der Waals surface area contributed by atoms with Crippen LogP contribution >= 0.6 is 0 Å². The second-order valence-electron chi connectivity index (χ2n) is 7.33. The first kappa shape index (κ1) is 22.5. The zero-order valence-electron chi connectivity index (χ0n) is 18.0. The summed E-state index contributed by atoms with van der Waals surface area (Å²) >= 11 is 0. The second-order valence-corrected chi connectivity index (χ2v) is 7.33. The Morgan fingerprint density at radius 2 is 1.87 bits per heavy atom. The molecule has 3 rings (SSSR count). The topological polar surface area (TPSA) is 60.0 Å². The molecule has 0 bridgehead atoms. The lowest BCUT2D eigenvalue weighted by Gasteiger charge is -2.37. The Morgan fingerprint density at radius 1 is 1.10 bits per heavy atom. The van der Waals surface area contributed by atoms with Gasteiger partial charge in [-0.05, 0) is 43.2 Å². The third-order valence-corrected chi connectivity index (χ3v) is 5.24. The van der Waals surface area contributed by atoms with Crippen LogP contribution in [0.1, 0.15) is 22.8 Å². The van der Waals surface area contributed by atoms with Crippen LogP contribution in [0.4, 0.5) is 14.5 Å². The van der Waals surface area contributed by atoms with E-state index >= 15 is 0 Å². The maximum atomic E-state index is 14.1. The fraction of sp³-hybridized carbons (Fsp3) is 0.391. The Hall–Kier alpha value is -3.16. The highest BCUT2D eigenvalue weighted by Crippen LogP contribution is 2.22. The summed E-state index contributed by atoms with van der Waals surface area (Å²) in [6.45, 7) is 5.82. The molecule has 0 spiro atoms. The molecule has 1 aliphatic heterocycles. The molecule has 0 saturated carbocycles. The molecule has 2 aromatic rings. The smallest absolute Gasteiger partial charge is 0.251 e. The van der Waals surface area contributed by atoms with Gasteiger partial charge in [-0.1, -0.05) is 12.1 Å². The van der Waals surface area contributed by atoms with Gasteiger partial charge in [0, 0.05) is 57.9 Å². The number of rotatable bonds is 6. The van der Waals surface area contributed by atoms with Crippen LogP contribution in [-0.4, -0.2) is 63.1 Å². The van der Waals surface area contributed by atoms with Crippen molar-refractivity contribution in [3.63, 3.8) is 0 Å². The van der Waals surface area contributed by atoms with E-state index in [2.05, 4.69) is 15.5 Å². The Labute approximate surface area is 182 Å². The van der Waals surface area contributed by atoms with Crippen molar-refractivity contribution in [1.29, 1.82) is 0 Å². The summed E-state index contributed by atoms with van der Waals surface area (Å²) in [6, 6.07) is 11.1. The largest absolute Gasteiger partial charge is 0.366 e. The standard InChI is InChI=1S/C23H29F2N5O/c1-3-27-23(28-10-9-17-5-4-6-18(15-17)22(31)26-2)30-13-11-29(12-14-30)21-16-19(24)7-8-20(21)25/h4-8,15-16H,3,9-14H2,1-2H3,(H,26,31)(H,27,28). The molecule has 0 atom stereocenters. The predicted molar refractivity (Wildman–Crippen MR) is 120 cm³/mol. The van der Waals surface area contributed by atoms with E-state index in [1.165, 1.54) is 12.1 Å². The van der Waals surface area contributed by atoms with E-state index in [0.29, 0.717) is 50.4 Å². The summed E-state index contributed by atoms with van der Waals surface area (Å²) in [7, 11) is 1.62. The van der Waals surface area contributed by atoms with Gasteiger partial charge in [0.05, 0.1) is 5.69 Å². The van der Waals surface area contributed by atoms with Crippen molar-refractivity contribution >= 4 is 17.6 Å². The monoisotopic (exact) mass is 429 g/mol. The number of aliphatic imine (C=N–C) groups is 1. The number of amides is 1. The van der Waals surface area contributed by atoms with Gasteiger partial charge in [0.25, 0.3) is 5.91 Å². The fourth-order valence-electron chi connectivity index (χ4n) is 3.62. The minimum atomic E-state index is -0.436. The Balaban J connectivity index is 1.60. The summed E-state index contributed by atoms with van der Waals surface area (Å²) in [6.07, 6.45) is 0.716. The van der Waals surface area contributed by atoms with E-state index < -0.39 is 11.6 Å². The van der Waals surface area contributed by atoms with Gasteiger partial charge in [-0.3, -0.25) is 9.79 Å². The number of anilines is 1. The number of hydrogen-bond acceptors (Lipinski definition) is 3. The minimum absolute atomic E-state index is 0.105. The second kappa shape index (κ2) is 10.7. The quantitative estimate of drug-likeness (QED) is 0.548. The maximum Gasteiger partial charge on any atom is 0.251 e. The molecular weight excluding hydrogens is 400 g/mol. The van der Waals surface area contributed by atoms with Gasteiger partial charge in [-0.2, -0.15) is 0 Å². The van der Waals surface area contributed by atoms with Crippen molar-refractivity contribution in [2.24, 2.45) is 4.99 Å². The molecule has 1 aliphatic rings. The Kier molecular flexibility index (Phi) is 7.81. The number of piperazine rings is 1. The average molecular weight is 430 g/mol. The van der Waals surface area contributed by atoms with E-state index in [-0.39, 0.29) is 5.91 Å². The third kappa shape index (κ3) is 5.93. The Bertz CT molecular complexity index is 926. The number of benzene rings is 2. The number of halogens is 2. The van der Waals surface area contributed by atoms with Crippen LogP contribution in [0.25, 0.3) is 0 Å². The van der Waals surface area contributed by atoms with Crippen molar-refractivity contribution in [3.05, 3.63) is 65.2 Å². The molecule has 0 aromatic heterocycles. The first-order chi connectivity index (χ1) is 15.0. The predicted octanol–water partition coefficient (Wildman–Crippen LogP) is 2.65. The van der Waals surface area contributed by atoms with Gasteiger partial charge in [0.15, 0.2) is 5.96 Å². The summed E-state index contributed by atoms with van der Waals surface area (Å²) in [5.74, 6) is -0.140. The number of carbonyl (C=O) groups excluding carboxylic acids is 1. The number of carbonyl (C=O) groups is 1. The van der Waals surface area contributed by atoms with Crippen molar-refractivity contribution in [1.82, 2.24) is 15.5 Å². The molecule has 1 amide bonds. The van der Waals surface area contributed by atoms with Gasteiger partial charge in [-0.25, -0.2) is 8.78 Å². The van der Waals surface area contributed by atoms with Crippen molar-refractivity contribution < 1.29 is 13.6 Å². The van der Waals surface area contributed by atoms with Crippen LogP contribution in [0.5, 0.6) is 0 Å². The van der Waals surface area contributed by atoms with Gasteiger partial charge in [0.2, 0.25) is 0 Å². The van der Waals surface area contributed by atoms with E-state index in [1.807, 2.05) is 30.0 Å². The molecule has 2 N–H and O–H groups in total. The lowest BCUT2D eigenvalue weighted by atomic mass is 10.1. The zero-order valence-corrected chi connectivity index (χ0v) is 18.0. The van der Waals surface area contributed by atoms with Crippen molar-refractivity contribution in [3.8, 4) is 0 Å². The molecule has 1 heterocycles. The lowest BCUT2D eigenvalue weighted by molar-refractivity contribution is 0.0963. The number of nitrogens with zero attached hydrogens (tertiary/aromatic N) is 3. The molecule has 0 unspecified atom stereocenters. The normalized spacial score (nSPS) is 14.5. The van der Waals surface area contributed by atoms with Crippen LogP contribution in [-0.2, 0) is 6.42 Å². The van der Waals surface area contributed by atoms with Crippen LogP contribution in [0.2, 0.25) is 0 Å². The van der Waals surface area contributed by atoms with Gasteiger partial charge in [0.1, 0.15) is 11.6 Å². The number of hydrogen-bond donors (Lipinski definition) is 2. The summed E-state index contributed by atoms with van der Waals surface area (Å²) in [4.78, 5) is 20.5. The van der Waals surface area contributed by atoms with Crippen LogP contribution in [0, 0.1) is 11.6 Å². The van der Waals surface area contributed by atoms with E-state index in [4.69, 9.17) is 4.99 Å². The molecule has 0 radical (unpaired) electrons. The minimum Gasteiger partial charge on any atom is -0.366 e. The first-order valence-corrected chi connectivity index (χ1v) is 10.6. The third-order valence-electron chi connectivity index (χ3n) is 5.24. The molecule has 166 valence electrons. The van der Waals surface area contributed by atoms with Gasteiger partial charge < -0.3 is 20.4 Å². The lowest BCUT2D eigenvalue weighted by Crippen LogP contribution is -2.52. The molecule has 6 nitrogen and oxygen atoms in total. The van der Waals surface area contributed by atoms with Gasteiger partial charge in [-0.15, -0.1) is 0 Å². The van der Waals surface area contributed by atoms with Crippen LogP contribution in [0.3, 0.4) is 0 Å². The van der Waals surface area contributed by atoms with E-state index in [1.54, 1.807) is 13.1 Å². The highest BCUT2D eigenvalue weighted by atomic mass is 19.1. The molecule has 0 aliphatic carbocycles. The van der Waals surface area contributed by atoms with Gasteiger partial charge >= 0.3 is 0 Å². The molecule has 8 heteroatoms. The van der Waals surface area contributed by atoms with E-state index in [9.17, 15) is 13.6 Å². The number of nitrogens with one attached hydrogen (secondary N) is 2. The molecular formula is C23H29F2N5O. The van der Waals surface area contributed by atoms with E-state index in [0.717, 1.165) is 24.1 Å². The molecule has 1 saturated heterocycles.